The van der Waals surface area contributed by atoms with Crippen molar-refractivity contribution in [1.29, 1.82) is 0 Å². The first-order chi connectivity index (χ1) is 13.6. The third-order valence-corrected chi connectivity index (χ3v) is 4.78. The molecule has 1 aromatic heterocycles. The van der Waals surface area contributed by atoms with Gasteiger partial charge in [-0.05, 0) is 36.4 Å². The van der Waals surface area contributed by atoms with E-state index < -0.39 is 5.97 Å². The first-order valence-corrected chi connectivity index (χ1v) is 9.66. The highest BCUT2D eigenvalue weighted by molar-refractivity contribution is 9.10. The normalized spacial score (nSPS) is 10.6. The minimum absolute atomic E-state index is 0.311. The Balaban J connectivity index is 1.76. The Hall–Kier alpha value is -2.89. The van der Waals surface area contributed by atoms with Gasteiger partial charge in [-0.25, -0.2) is 4.79 Å². The molecule has 4 aromatic rings. The molecule has 0 atom stereocenters. The molecule has 0 saturated heterocycles. The fraction of sp³-hybridized carbons (Fsp3) is 0. The van der Waals surface area contributed by atoms with Gasteiger partial charge in [0.15, 0.2) is 0 Å². The van der Waals surface area contributed by atoms with Crippen molar-refractivity contribution in [2.45, 2.75) is 0 Å². The van der Waals surface area contributed by atoms with Crippen LogP contribution in [-0.2, 0) is 0 Å². The highest BCUT2D eigenvalue weighted by Gasteiger charge is 2.17. The summed E-state index contributed by atoms with van der Waals surface area (Å²) in [4.78, 5) is 12.7. The fourth-order valence-electron chi connectivity index (χ4n) is 2.75. The summed E-state index contributed by atoms with van der Waals surface area (Å²) in [5, 5.41) is 5.20. The van der Waals surface area contributed by atoms with Crippen molar-refractivity contribution in [3.8, 4) is 22.8 Å². The Morgan fingerprint density at radius 2 is 1.71 bits per heavy atom. The Labute approximate surface area is 175 Å². The third kappa shape index (κ3) is 4.01. The summed E-state index contributed by atoms with van der Waals surface area (Å²) in [6.45, 7) is 0. The average Bonchev–Trinajstić information content (AvgIpc) is 3.12. The topological polar surface area (TPSA) is 44.1 Å². The molecule has 0 bridgehead atoms. The molecule has 1 heterocycles. The number of carbonyl (C=O) groups is 1. The van der Waals surface area contributed by atoms with Gasteiger partial charge in [0.2, 0.25) is 5.88 Å². The van der Waals surface area contributed by atoms with E-state index in [0.717, 1.165) is 10.0 Å². The molecule has 6 heteroatoms. The van der Waals surface area contributed by atoms with Crippen molar-refractivity contribution >= 4 is 33.5 Å². The standard InChI is InChI=1S/C22H14BrClN2O2/c23-17-9-4-8-16(12-17)22(27)28-21-14-20(15-6-2-1-3-7-15)25-26(21)19-11-5-10-18(24)13-19/h1-14H. The average molecular weight is 454 g/mol. The molecule has 28 heavy (non-hydrogen) atoms. The zero-order valence-electron chi connectivity index (χ0n) is 14.5. The molecule has 138 valence electrons. The summed E-state index contributed by atoms with van der Waals surface area (Å²) >= 11 is 9.51. The number of ether oxygens (including phenoxy) is 1. The molecule has 0 amide bonds. The van der Waals surface area contributed by atoms with Crippen LogP contribution < -0.4 is 4.74 Å². The Morgan fingerprint density at radius 1 is 0.929 bits per heavy atom. The number of hydrogen-bond acceptors (Lipinski definition) is 3. The summed E-state index contributed by atoms with van der Waals surface area (Å²) in [6, 6.07) is 25.7. The lowest BCUT2D eigenvalue weighted by Gasteiger charge is -2.08. The van der Waals surface area contributed by atoms with Crippen LogP contribution in [0.2, 0.25) is 5.02 Å². The van der Waals surface area contributed by atoms with Gasteiger partial charge in [0.05, 0.1) is 16.9 Å². The van der Waals surface area contributed by atoms with Gasteiger partial charge in [-0.2, -0.15) is 9.78 Å². The highest BCUT2D eigenvalue weighted by atomic mass is 79.9. The van der Waals surface area contributed by atoms with Crippen LogP contribution in [-0.4, -0.2) is 15.7 Å². The van der Waals surface area contributed by atoms with Crippen molar-refractivity contribution in [2.24, 2.45) is 0 Å². The van der Waals surface area contributed by atoms with Crippen LogP contribution in [0.4, 0.5) is 0 Å². The van der Waals surface area contributed by atoms with Gasteiger partial charge in [-0.3, -0.25) is 0 Å². The van der Waals surface area contributed by atoms with Crippen molar-refractivity contribution in [3.63, 3.8) is 0 Å². The predicted molar refractivity (Wildman–Crippen MR) is 113 cm³/mol. The zero-order chi connectivity index (χ0) is 19.5. The predicted octanol–water partition coefficient (Wildman–Crippen LogP) is 6.17. The summed E-state index contributed by atoms with van der Waals surface area (Å²) in [5.74, 6) is -0.157. The quantitative estimate of drug-likeness (QED) is 0.347. The largest absolute Gasteiger partial charge is 0.404 e. The van der Waals surface area contributed by atoms with Gasteiger partial charge in [-0.1, -0.05) is 70.0 Å². The number of esters is 1. The lowest BCUT2D eigenvalue weighted by atomic mass is 10.2. The summed E-state index contributed by atoms with van der Waals surface area (Å²) in [5.41, 5.74) is 2.75. The van der Waals surface area contributed by atoms with Crippen LogP contribution >= 0.6 is 27.5 Å². The van der Waals surface area contributed by atoms with Gasteiger partial charge < -0.3 is 4.74 Å². The maximum atomic E-state index is 12.7. The molecule has 0 radical (unpaired) electrons. The smallest absolute Gasteiger partial charge is 0.344 e. The van der Waals surface area contributed by atoms with Crippen LogP contribution in [0.5, 0.6) is 5.88 Å². The molecule has 0 unspecified atom stereocenters. The summed E-state index contributed by atoms with van der Waals surface area (Å²) in [7, 11) is 0. The van der Waals surface area contributed by atoms with E-state index in [1.807, 2.05) is 48.5 Å². The van der Waals surface area contributed by atoms with Crippen LogP contribution in [0.25, 0.3) is 16.9 Å². The molecular weight excluding hydrogens is 440 g/mol. The van der Waals surface area contributed by atoms with Gasteiger partial charge >= 0.3 is 5.97 Å². The molecule has 0 N–H and O–H groups in total. The Morgan fingerprint density at radius 3 is 2.46 bits per heavy atom. The number of carbonyl (C=O) groups excluding carboxylic acids is 1. The van der Waals surface area contributed by atoms with E-state index in [0.29, 0.717) is 27.8 Å². The molecule has 4 rings (SSSR count). The second kappa shape index (κ2) is 8.00. The number of rotatable bonds is 4. The molecular formula is C22H14BrClN2O2. The van der Waals surface area contributed by atoms with Crippen LogP contribution in [0.1, 0.15) is 10.4 Å². The van der Waals surface area contributed by atoms with Gasteiger partial charge in [-0.15, -0.1) is 0 Å². The maximum Gasteiger partial charge on any atom is 0.344 e. The molecule has 0 saturated carbocycles. The number of benzene rings is 3. The van der Waals surface area contributed by atoms with Crippen molar-refractivity contribution in [2.75, 3.05) is 0 Å². The summed E-state index contributed by atoms with van der Waals surface area (Å²) < 4.78 is 8.06. The van der Waals surface area contributed by atoms with Crippen molar-refractivity contribution < 1.29 is 9.53 Å². The van der Waals surface area contributed by atoms with Gasteiger partial charge in [0, 0.05) is 21.1 Å². The molecule has 3 aromatic carbocycles. The summed E-state index contributed by atoms with van der Waals surface area (Å²) in [6.07, 6.45) is 0. The first kappa shape index (κ1) is 18.5. The SMILES string of the molecule is O=C(Oc1cc(-c2ccccc2)nn1-c1cccc(Cl)c1)c1cccc(Br)c1. The Kier molecular flexibility index (Phi) is 5.28. The van der Waals surface area contributed by atoms with Crippen LogP contribution in [0.15, 0.2) is 89.4 Å². The lowest BCUT2D eigenvalue weighted by Crippen LogP contribution is -2.11. The molecule has 0 fully saturated rings. The van der Waals surface area contributed by atoms with E-state index in [-0.39, 0.29) is 0 Å². The van der Waals surface area contributed by atoms with Crippen molar-refractivity contribution in [3.05, 3.63) is 100.0 Å². The second-order valence-corrected chi connectivity index (χ2v) is 7.38. The second-order valence-electron chi connectivity index (χ2n) is 6.03. The molecule has 4 nitrogen and oxygen atoms in total. The number of hydrogen-bond donors (Lipinski definition) is 0. The molecule has 0 aliphatic carbocycles. The minimum Gasteiger partial charge on any atom is -0.404 e. The lowest BCUT2D eigenvalue weighted by molar-refractivity contribution is 0.0723. The zero-order valence-corrected chi connectivity index (χ0v) is 16.9. The van der Waals surface area contributed by atoms with Crippen LogP contribution in [0, 0.1) is 0 Å². The van der Waals surface area contributed by atoms with E-state index in [1.54, 1.807) is 41.1 Å². The molecule has 0 aliphatic heterocycles. The number of aromatic nitrogens is 2. The first-order valence-electron chi connectivity index (χ1n) is 8.49. The van der Waals surface area contributed by atoms with Gasteiger partial charge in [0.25, 0.3) is 0 Å². The maximum absolute atomic E-state index is 12.7. The Bertz CT molecular complexity index is 1140. The van der Waals surface area contributed by atoms with Gasteiger partial charge in [0.1, 0.15) is 0 Å². The minimum atomic E-state index is -0.468. The monoisotopic (exact) mass is 452 g/mol. The van der Waals surface area contributed by atoms with E-state index >= 15 is 0 Å². The van der Waals surface area contributed by atoms with E-state index in [9.17, 15) is 4.79 Å². The molecule has 0 spiro atoms. The van der Waals surface area contributed by atoms with Crippen molar-refractivity contribution in [1.82, 2.24) is 9.78 Å². The fourth-order valence-corrected chi connectivity index (χ4v) is 3.33. The van der Waals surface area contributed by atoms with E-state index in [2.05, 4.69) is 21.0 Å². The number of halogens is 2. The van der Waals surface area contributed by atoms with E-state index in [1.165, 1.54) is 0 Å². The highest BCUT2D eigenvalue weighted by Crippen LogP contribution is 2.28. The van der Waals surface area contributed by atoms with E-state index in [4.69, 9.17) is 16.3 Å². The van der Waals surface area contributed by atoms with Crippen LogP contribution in [0.3, 0.4) is 0 Å². The molecule has 0 aliphatic rings. The third-order valence-electron chi connectivity index (χ3n) is 4.06. The number of nitrogens with zero attached hydrogens (tertiary/aromatic N) is 2.